The molecule has 0 atom stereocenters. The van der Waals surface area contributed by atoms with Gasteiger partial charge in [0.1, 0.15) is 19.0 Å². The molecule has 0 aliphatic carbocycles. The SMILES string of the molecule is Cc1nc2cc3c(cc2n1CC(=O)Cc1cccc(S(=O)(=O)N2CCCCC2)c1)OCCO3. The van der Waals surface area contributed by atoms with Gasteiger partial charge < -0.3 is 14.0 Å². The summed E-state index contributed by atoms with van der Waals surface area (Å²) in [5.41, 5.74) is 2.25. The summed E-state index contributed by atoms with van der Waals surface area (Å²) in [6.07, 6.45) is 2.98. The van der Waals surface area contributed by atoms with E-state index >= 15 is 0 Å². The molecule has 174 valence electrons. The molecule has 33 heavy (non-hydrogen) atoms. The number of nitrogens with zero attached hydrogens (tertiary/aromatic N) is 3. The molecule has 0 bridgehead atoms. The molecule has 3 aromatic rings. The number of Topliss-reactive ketones (excluding diaryl/α,β-unsaturated/α-hetero) is 1. The van der Waals surface area contributed by atoms with Crippen LogP contribution in [-0.2, 0) is 27.8 Å². The summed E-state index contributed by atoms with van der Waals surface area (Å²) in [6.45, 7) is 4.10. The summed E-state index contributed by atoms with van der Waals surface area (Å²) in [5, 5.41) is 0. The molecule has 8 nitrogen and oxygen atoms in total. The number of ether oxygens (including phenoxy) is 2. The van der Waals surface area contributed by atoms with Gasteiger partial charge >= 0.3 is 0 Å². The predicted molar refractivity (Wildman–Crippen MR) is 123 cm³/mol. The number of imidazole rings is 1. The van der Waals surface area contributed by atoms with Gasteiger partial charge in [0.2, 0.25) is 10.0 Å². The van der Waals surface area contributed by atoms with Crippen LogP contribution in [0.2, 0.25) is 0 Å². The lowest BCUT2D eigenvalue weighted by Gasteiger charge is -2.26. The maximum absolute atomic E-state index is 13.0. The minimum atomic E-state index is -3.53. The van der Waals surface area contributed by atoms with Crippen LogP contribution in [0.5, 0.6) is 11.5 Å². The number of ketones is 1. The Bertz CT molecular complexity index is 1310. The summed E-state index contributed by atoms with van der Waals surface area (Å²) in [6, 6.07) is 10.4. The second kappa shape index (κ2) is 8.79. The maximum Gasteiger partial charge on any atom is 0.243 e. The molecule has 0 N–H and O–H groups in total. The van der Waals surface area contributed by atoms with Gasteiger partial charge in [-0.15, -0.1) is 0 Å². The van der Waals surface area contributed by atoms with Crippen molar-refractivity contribution < 1.29 is 22.7 Å². The number of sulfonamides is 1. The van der Waals surface area contributed by atoms with Crippen LogP contribution in [0.1, 0.15) is 30.7 Å². The van der Waals surface area contributed by atoms with Crippen molar-refractivity contribution in [2.75, 3.05) is 26.3 Å². The van der Waals surface area contributed by atoms with Gasteiger partial charge in [-0.2, -0.15) is 4.31 Å². The normalized spacial score (nSPS) is 16.8. The fraction of sp³-hybridized carbons (Fsp3) is 0.417. The fourth-order valence-corrected chi connectivity index (χ4v) is 6.10. The summed E-state index contributed by atoms with van der Waals surface area (Å²) in [4.78, 5) is 17.8. The number of hydrogen-bond donors (Lipinski definition) is 0. The van der Waals surface area contributed by atoms with Crippen molar-refractivity contribution in [3.63, 3.8) is 0 Å². The first-order valence-corrected chi connectivity index (χ1v) is 12.7. The number of fused-ring (bicyclic) bond motifs is 2. The van der Waals surface area contributed by atoms with Gasteiger partial charge in [-0.25, -0.2) is 13.4 Å². The summed E-state index contributed by atoms with van der Waals surface area (Å²) >= 11 is 0. The van der Waals surface area contributed by atoms with Crippen LogP contribution >= 0.6 is 0 Å². The highest BCUT2D eigenvalue weighted by atomic mass is 32.2. The summed E-state index contributed by atoms with van der Waals surface area (Å²) in [5.74, 6) is 2.01. The number of piperidine rings is 1. The van der Waals surface area contributed by atoms with E-state index in [2.05, 4.69) is 4.98 Å². The standard InChI is InChI=1S/C24H27N3O5S/c1-17-25-21-14-23-24(32-11-10-31-23)15-22(21)27(17)16-19(28)12-18-6-5-7-20(13-18)33(29,30)26-8-3-2-4-9-26/h5-7,13-15H,2-4,8-12,16H2,1H3. The molecule has 1 aromatic heterocycles. The highest BCUT2D eigenvalue weighted by Crippen LogP contribution is 2.34. The highest BCUT2D eigenvalue weighted by Gasteiger charge is 2.26. The molecule has 1 saturated heterocycles. The van der Waals surface area contributed by atoms with Crippen molar-refractivity contribution in [3.8, 4) is 11.5 Å². The third-order valence-corrected chi connectivity index (χ3v) is 8.08. The third-order valence-electron chi connectivity index (χ3n) is 6.19. The minimum absolute atomic E-state index is 0.0280. The van der Waals surface area contributed by atoms with E-state index in [1.165, 1.54) is 0 Å². The number of hydrogen-bond acceptors (Lipinski definition) is 6. The molecule has 9 heteroatoms. The Kier molecular flexibility index (Phi) is 5.84. The molecule has 0 saturated carbocycles. The molecule has 0 unspecified atom stereocenters. The van der Waals surface area contributed by atoms with Crippen molar-refractivity contribution in [2.45, 2.75) is 44.0 Å². The number of carbonyl (C=O) groups is 1. The molecule has 2 aromatic carbocycles. The predicted octanol–water partition coefficient (Wildman–Crippen LogP) is 3.10. The van der Waals surface area contributed by atoms with Gasteiger partial charge in [0.15, 0.2) is 17.3 Å². The van der Waals surface area contributed by atoms with Gasteiger partial charge in [0.05, 0.1) is 22.5 Å². The molecule has 5 rings (SSSR count). The lowest BCUT2D eigenvalue weighted by Crippen LogP contribution is -2.35. The first-order valence-electron chi connectivity index (χ1n) is 11.3. The van der Waals surface area contributed by atoms with Gasteiger partial charge in [-0.3, -0.25) is 4.79 Å². The van der Waals surface area contributed by atoms with Crippen molar-refractivity contribution >= 4 is 26.8 Å². The van der Waals surface area contributed by atoms with Crippen LogP contribution in [0.3, 0.4) is 0 Å². The number of aryl methyl sites for hydroxylation is 1. The zero-order valence-corrected chi connectivity index (χ0v) is 19.4. The number of rotatable bonds is 6. The van der Waals surface area contributed by atoms with Crippen molar-refractivity contribution in [3.05, 3.63) is 47.8 Å². The summed E-state index contributed by atoms with van der Waals surface area (Å²) < 4.78 is 40.7. The Morgan fingerprint density at radius 2 is 1.76 bits per heavy atom. The Hall–Kier alpha value is -2.91. The lowest BCUT2D eigenvalue weighted by molar-refractivity contribution is -0.118. The second-order valence-corrected chi connectivity index (χ2v) is 10.5. The van der Waals surface area contributed by atoms with Gasteiger partial charge in [-0.1, -0.05) is 18.6 Å². The smallest absolute Gasteiger partial charge is 0.243 e. The topological polar surface area (TPSA) is 90.7 Å². The van der Waals surface area contributed by atoms with Crippen LogP contribution < -0.4 is 9.47 Å². The second-order valence-electron chi connectivity index (χ2n) is 8.56. The molecule has 0 spiro atoms. The zero-order chi connectivity index (χ0) is 23.0. The van der Waals surface area contributed by atoms with E-state index in [-0.39, 0.29) is 23.6 Å². The van der Waals surface area contributed by atoms with Crippen LogP contribution in [0.15, 0.2) is 41.3 Å². The first-order chi connectivity index (χ1) is 15.9. The molecule has 1 fully saturated rings. The number of carbonyl (C=O) groups excluding carboxylic acids is 1. The number of aromatic nitrogens is 2. The lowest BCUT2D eigenvalue weighted by atomic mass is 10.1. The van der Waals surface area contributed by atoms with E-state index in [9.17, 15) is 13.2 Å². The van der Waals surface area contributed by atoms with Crippen LogP contribution in [0.4, 0.5) is 0 Å². The Morgan fingerprint density at radius 1 is 1.03 bits per heavy atom. The molecular formula is C24H27N3O5S. The van der Waals surface area contributed by atoms with Crippen LogP contribution in [0.25, 0.3) is 11.0 Å². The molecule has 3 heterocycles. The Balaban J connectivity index is 1.35. The fourth-order valence-electron chi connectivity index (χ4n) is 4.51. The molecular weight excluding hydrogens is 442 g/mol. The van der Waals surface area contributed by atoms with E-state index in [1.54, 1.807) is 28.6 Å². The van der Waals surface area contributed by atoms with Gasteiger partial charge in [-0.05, 0) is 37.5 Å². The molecule has 0 radical (unpaired) electrons. The third kappa shape index (κ3) is 4.35. The maximum atomic E-state index is 13.0. The monoisotopic (exact) mass is 469 g/mol. The van der Waals surface area contributed by atoms with E-state index in [0.29, 0.717) is 43.4 Å². The summed E-state index contributed by atoms with van der Waals surface area (Å²) in [7, 11) is -3.53. The molecule has 0 amide bonds. The zero-order valence-electron chi connectivity index (χ0n) is 18.6. The molecule has 2 aliphatic rings. The van der Waals surface area contributed by atoms with E-state index in [4.69, 9.17) is 9.47 Å². The Morgan fingerprint density at radius 3 is 2.52 bits per heavy atom. The van der Waals surface area contributed by atoms with E-state index in [0.717, 1.165) is 36.1 Å². The van der Waals surface area contributed by atoms with E-state index in [1.807, 2.05) is 23.6 Å². The van der Waals surface area contributed by atoms with Crippen molar-refractivity contribution in [2.24, 2.45) is 0 Å². The average Bonchev–Trinajstić information content (AvgIpc) is 3.12. The van der Waals surface area contributed by atoms with Gasteiger partial charge in [0.25, 0.3) is 0 Å². The Labute approximate surface area is 193 Å². The number of benzene rings is 2. The molecule has 2 aliphatic heterocycles. The highest BCUT2D eigenvalue weighted by molar-refractivity contribution is 7.89. The van der Waals surface area contributed by atoms with Crippen LogP contribution in [-0.4, -0.2) is 54.4 Å². The van der Waals surface area contributed by atoms with Crippen molar-refractivity contribution in [1.82, 2.24) is 13.9 Å². The minimum Gasteiger partial charge on any atom is -0.486 e. The average molecular weight is 470 g/mol. The van der Waals surface area contributed by atoms with Crippen molar-refractivity contribution in [1.29, 1.82) is 0 Å². The van der Waals surface area contributed by atoms with E-state index < -0.39 is 10.0 Å². The first kappa shape index (κ1) is 21.9. The largest absolute Gasteiger partial charge is 0.486 e. The quantitative estimate of drug-likeness (QED) is 0.551. The van der Waals surface area contributed by atoms with Crippen LogP contribution in [0, 0.1) is 6.92 Å². The van der Waals surface area contributed by atoms with Gasteiger partial charge in [0, 0.05) is 31.6 Å².